The molecule has 0 saturated carbocycles. The first-order chi connectivity index (χ1) is 13.8. The number of nitrogens with zero attached hydrogens (tertiary/aromatic N) is 1. The van der Waals surface area contributed by atoms with E-state index in [2.05, 4.69) is 15.2 Å². The number of benzene rings is 3. The molecular formula is C22H21N3O3S. The number of hydrazone groups is 1. The molecule has 0 unspecified atom stereocenters. The molecule has 2 N–H and O–H groups in total. The zero-order valence-electron chi connectivity index (χ0n) is 16.1. The summed E-state index contributed by atoms with van der Waals surface area (Å²) in [6, 6.07) is 20.4. The van der Waals surface area contributed by atoms with E-state index in [0.717, 1.165) is 16.7 Å². The highest BCUT2D eigenvalue weighted by Gasteiger charge is 2.14. The lowest BCUT2D eigenvalue weighted by Crippen LogP contribution is -2.18. The van der Waals surface area contributed by atoms with E-state index in [1.165, 1.54) is 24.3 Å². The Labute approximate surface area is 170 Å². The van der Waals surface area contributed by atoms with Crippen LogP contribution >= 0.6 is 0 Å². The third kappa shape index (κ3) is 5.52. The van der Waals surface area contributed by atoms with Crippen molar-refractivity contribution in [3.8, 4) is 0 Å². The molecular weight excluding hydrogens is 386 g/mol. The Morgan fingerprint density at radius 2 is 1.38 bits per heavy atom. The van der Waals surface area contributed by atoms with Gasteiger partial charge in [-0.15, -0.1) is 0 Å². The molecule has 0 aliphatic heterocycles. The summed E-state index contributed by atoms with van der Waals surface area (Å²) in [4.78, 5) is 12.4. The summed E-state index contributed by atoms with van der Waals surface area (Å²) in [7, 11) is -3.69. The van der Waals surface area contributed by atoms with Gasteiger partial charge in [0, 0.05) is 11.3 Å². The van der Waals surface area contributed by atoms with Gasteiger partial charge in [-0.3, -0.25) is 9.52 Å². The average molecular weight is 407 g/mol. The molecule has 0 aliphatic carbocycles. The molecule has 3 aromatic rings. The van der Waals surface area contributed by atoms with E-state index in [9.17, 15) is 13.2 Å². The zero-order valence-corrected chi connectivity index (χ0v) is 16.9. The number of carbonyl (C=O) groups excluding carboxylic acids is 1. The summed E-state index contributed by atoms with van der Waals surface area (Å²) in [6.07, 6.45) is 1.56. The zero-order chi connectivity index (χ0) is 20.9. The second-order valence-corrected chi connectivity index (χ2v) is 8.29. The van der Waals surface area contributed by atoms with Crippen LogP contribution in [0.3, 0.4) is 0 Å². The van der Waals surface area contributed by atoms with E-state index in [0.29, 0.717) is 11.3 Å². The van der Waals surface area contributed by atoms with Gasteiger partial charge in [0.05, 0.1) is 11.1 Å². The van der Waals surface area contributed by atoms with E-state index >= 15 is 0 Å². The number of aryl methyl sites for hydroxylation is 2. The maximum atomic E-state index is 12.4. The molecule has 0 radical (unpaired) electrons. The third-order valence-corrected chi connectivity index (χ3v) is 5.58. The van der Waals surface area contributed by atoms with E-state index < -0.39 is 10.0 Å². The highest BCUT2D eigenvalue weighted by Crippen LogP contribution is 2.17. The fourth-order valence-corrected chi connectivity index (χ4v) is 3.56. The predicted molar refractivity (Wildman–Crippen MR) is 115 cm³/mol. The highest BCUT2D eigenvalue weighted by molar-refractivity contribution is 7.92. The molecule has 29 heavy (non-hydrogen) atoms. The van der Waals surface area contributed by atoms with Crippen LogP contribution in [-0.4, -0.2) is 20.5 Å². The Kier molecular flexibility index (Phi) is 6.09. The largest absolute Gasteiger partial charge is 0.280 e. The number of amides is 1. The highest BCUT2D eigenvalue weighted by atomic mass is 32.2. The molecule has 0 aliphatic rings. The summed E-state index contributed by atoms with van der Waals surface area (Å²) in [6.45, 7) is 3.88. The first-order valence-corrected chi connectivity index (χ1v) is 10.4. The van der Waals surface area contributed by atoms with Crippen LogP contribution < -0.4 is 10.1 Å². The molecule has 0 atom stereocenters. The first kappa shape index (κ1) is 20.3. The van der Waals surface area contributed by atoms with E-state index in [4.69, 9.17) is 0 Å². The maximum Gasteiger partial charge on any atom is 0.271 e. The summed E-state index contributed by atoms with van der Waals surface area (Å²) < 4.78 is 27.3. The van der Waals surface area contributed by atoms with Crippen molar-refractivity contribution in [3.05, 3.63) is 95.1 Å². The Hall–Kier alpha value is -3.45. The number of hydrogen-bond donors (Lipinski definition) is 2. The summed E-state index contributed by atoms with van der Waals surface area (Å²) in [5, 5.41) is 3.94. The molecule has 0 spiro atoms. The molecule has 148 valence electrons. The third-order valence-electron chi connectivity index (χ3n) is 4.19. The van der Waals surface area contributed by atoms with Gasteiger partial charge in [-0.1, -0.05) is 47.5 Å². The van der Waals surface area contributed by atoms with Crippen molar-refractivity contribution in [2.24, 2.45) is 5.10 Å². The van der Waals surface area contributed by atoms with Crippen LogP contribution in [0.1, 0.15) is 27.0 Å². The van der Waals surface area contributed by atoms with Gasteiger partial charge >= 0.3 is 0 Å². The molecule has 0 fully saturated rings. The van der Waals surface area contributed by atoms with Crippen LogP contribution in [0.2, 0.25) is 0 Å². The number of rotatable bonds is 6. The van der Waals surface area contributed by atoms with Crippen molar-refractivity contribution >= 4 is 27.8 Å². The molecule has 7 heteroatoms. The van der Waals surface area contributed by atoms with Crippen LogP contribution in [0.25, 0.3) is 0 Å². The number of nitrogens with one attached hydrogen (secondary N) is 2. The predicted octanol–water partition coefficient (Wildman–Crippen LogP) is 3.87. The van der Waals surface area contributed by atoms with E-state index in [1.54, 1.807) is 30.5 Å². The molecule has 0 aromatic heterocycles. The molecule has 3 aromatic carbocycles. The second-order valence-electron chi connectivity index (χ2n) is 6.61. The quantitative estimate of drug-likeness (QED) is 0.480. The normalized spacial score (nSPS) is 11.4. The van der Waals surface area contributed by atoms with E-state index in [-0.39, 0.29) is 10.8 Å². The minimum absolute atomic E-state index is 0.176. The molecule has 3 rings (SSSR count). The van der Waals surface area contributed by atoms with Crippen molar-refractivity contribution in [3.63, 3.8) is 0 Å². The smallest absolute Gasteiger partial charge is 0.271 e. The summed E-state index contributed by atoms with van der Waals surface area (Å²) >= 11 is 0. The summed E-state index contributed by atoms with van der Waals surface area (Å²) in [5.41, 5.74) is 6.17. The van der Waals surface area contributed by atoms with Crippen molar-refractivity contribution in [1.82, 2.24) is 5.43 Å². The Morgan fingerprint density at radius 1 is 0.828 bits per heavy atom. The fourth-order valence-electron chi connectivity index (χ4n) is 2.50. The van der Waals surface area contributed by atoms with Crippen LogP contribution in [0.5, 0.6) is 0 Å². The van der Waals surface area contributed by atoms with Crippen molar-refractivity contribution in [1.29, 1.82) is 0 Å². The molecule has 1 amide bonds. The van der Waals surface area contributed by atoms with Gasteiger partial charge in [0.2, 0.25) is 0 Å². The Balaban J connectivity index is 1.62. The number of anilines is 1. The van der Waals surface area contributed by atoms with Crippen molar-refractivity contribution in [2.45, 2.75) is 18.7 Å². The molecule has 0 saturated heterocycles. The first-order valence-electron chi connectivity index (χ1n) is 8.93. The standard InChI is InChI=1S/C22H21N3O3S/c1-16-3-7-18(8-4-16)15-23-24-22(26)19-9-11-20(12-10-19)25-29(27,28)21-13-5-17(2)6-14-21/h3-15,25H,1-2H3,(H,24,26)/b23-15+. The Bertz CT molecular complexity index is 1120. The lowest BCUT2D eigenvalue weighted by Gasteiger charge is -2.09. The second kappa shape index (κ2) is 8.70. The monoisotopic (exact) mass is 407 g/mol. The average Bonchev–Trinajstić information content (AvgIpc) is 2.70. The van der Waals surface area contributed by atoms with Gasteiger partial charge in [0.1, 0.15) is 0 Å². The van der Waals surface area contributed by atoms with Gasteiger partial charge in [-0.2, -0.15) is 5.10 Å². The van der Waals surface area contributed by atoms with Crippen molar-refractivity contribution < 1.29 is 13.2 Å². The molecule has 0 heterocycles. The Morgan fingerprint density at radius 3 is 1.97 bits per heavy atom. The van der Waals surface area contributed by atoms with Crippen LogP contribution in [-0.2, 0) is 10.0 Å². The lowest BCUT2D eigenvalue weighted by molar-refractivity contribution is 0.0955. The molecule has 6 nitrogen and oxygen atoms in total. The van der Waals surface area contributed by atoms with Gasteiger partial charge in [0.25, 0.3) is 15.9 Å². The molecule has 0 bridgehead atoms. The lowest BCUT2D eigenvalue weighted by atomic mass is 10.2. The minimum atomic E-state index is -3.69. The van der Waals surface area contributed by atoms with Gasteiger partial charge < -0.3 is 0 Å². The fraction of sp³-hybridized carbons (Fsp3) is 0.0909. The SMILES string of the molecule is Cc1ccc(/C=N/NC(=O)c2ccc(NS(=O)(=O)c3ccc(C)cc3)cc2)cc1. The van der Waals surface area contributed by atoms with Gasteiger partial charge in [-0.05, 0) is 55.8 Å². The minimum Gasteiger partial charge on any atom is -0.280 e. The van der Waals surface area contributed by atoms with Gasteiger partial charge in [0.15, 0.2) is 0 Å². The van der Waals surface area contributed by atoms with E-state index in [1.807, 2.05) is 38.1 Å². The van der Waals surface area contributed by atoms with Crippen molar-refractivity contribution in [2.75, 3.05) is 4.72 Å². The van der Waals surface area contributed by atoms with Crippen LogP contribution in [0, 0.1) is 13.8 Å². The van der Waals surface area contributed by atoms with Crippen LogP contribution in [0.15, 0.2) is 82.8 Å². The number of hydrogen-bond acceptors (Lipinski definition) is 4. The topological polar surface area (TPSA) is 87.6 Å². The summed E-state index contributed by atoms with van der Waals surface area (Å²) in [5.74, 6) is -0.388. The maximum absolute atomic E-state index is 12.4. The van der Waals surface area contributed by atoms with Crippen LogP contribution in [0.4, 0.5) is 5.69 Å². The number of carbonyl (C=O) groups is 1. The number of sulfonamides is 1. The van der Waals surface area contributed by atoms with Gasteiger partial charge in [-0.25, -0.2) is 13.8 Å².